The zero-order valence-corrected chi connectivity index (χ0v) is 13.6. The van der Waals surface area contributed by atoms with Crippen molar-refractivity contribution < 1.29 is 0 Å². The lowest BCUT2D eigenvalue weighted by Gasteiger charge is -2.15. The third-order valence-electron chi connectivity index (χ3n) is 3.96. The van der Waals surface area contributed by atoms with Crippen LogP contribution in [0.4, 0.5) is 5.69 Å². The van der Waals surface area contributed by atoms with E-state index in [0.717, 1.165) is 6.42 Å². The second kappa shape index (κ2) is 9.82. The fourth-order valence-electron chi connectivity index (χ4n) is 2.51. The van der Waals surface area contributed by atoms with E-state index in [0.29, 0.717) is 0 Å². The summed E-state index contributed by atoms with van der Waals surface area (Å²) >= 11 is 0. The molecule has 0 aromatic heterocycles. The van der Waals surface area contributed by atoms with Crippen molar-refractivity contribution in [1.82, 2.24) is 0 Å². The van der Waals surface area contributed by atoms with Crippen LogP contribution in [0.25, 0.3) is 0 Å². The summed E-state index contributed by atoms with van der Waals surface area (Å²) in [4.78, 5) is 2.12. The van der Waals surface area contributed by atoms with Crippen molar-refractivity contribution in [3.63, 3.8) is 0 Å². The lowest BCUT2D eigenvalue weighted by molar-refractivity contribution is 0.541. The highest BCUT2D eigenvalue weighted by molar-refractivity contribution is 5.46. The van der Waals surface area contributed by atoms with Crippen molar-refractivity contribution in [2.45, 2.75) is 64.3 Å². The quantitative estimate of drug-likeness (QED) is 0.616. The number of nitrogens with two attached hydrogens (primary N) is 1. The van der Waals surface area contributed by atoms with E-state index in [1.165, 1.54) is 56.2 Å². The van der Waals surface area contributed by atoms with Gasteiger partial charge in [0.25, 0.3) is 0 Å². The summed E-state index contributed by atoms with van der Waals surface area (Å²) in [5.41, 5.74) is 8.77. The topological polar surface area (TPSA) is 29.3 Å². The van der Waals surface area contributed by atoms with E-state index < -0.39 is 0 Å². The summed E-state index contributed by atoms with van der Waals surface area (Å²) in [6.07, 6.45) is 10.6. The van der Waals surface area contributed by atoms with Crippen molar-refractivity contribution in [3.05, 3.63) is 29.8 Å². The van der Waals surface area contributed by atoms with E-state index in [9.17, 15) is 0 Å². The highest BCUT2D eigenvalue weighted by Crippen LogP contribution is 2.21. The van der Waals surface area contributed by atoms with E-state index in [-0.39, 0.29) is 6.04 Å². The second-order valence-electron chi connectivity index (χ2n) is 6.00. The third-order valence-corrected chi connectivity index (χ3v) is 3.96. The van der Waals surface area contributed by atoms with Crippen LogP contribution < -0.4 is 10.6 Å². The minimum Gasteiger partial charge on any atom is -0.378 e. The average molecular weight is 276 g/mol. The molecule has 2 heteroatoms. The first-order chi connectivity index (χ1) is 9.65. The SMILES string of the molecule is CCCCCCCCCC(N)c1ccc(N(C)C)cc1. The Morgan fingerprint density at radius 2 is 1.45 bits per heavy atom. The summed E-state index contributed by atoms with van der Waals surface area (Å²) in [5, 5.41) is 0. The zero-order valence-electron chi connectivity index (χ0n) is 13.6. The molecule has 0 amide bonds. The molecule has 0 aliphatic heterocycles. The number of unbranched alkanes of at least 4 members (excludes halogenated alkanes) is 6. The van der Waals surface area contributed by atoms with Crippen LogP contribution in [-0.4, -0.2) is 14.1 Å². The van der Waals surface area contributed by atoms with Crippen molar-refractivity contribution in [3.8, 4) is 0 Å². The predicted molar refractivity (Wildman–Crippen MR) is 90.3 cm³/mol. The maximum absolute atomic E-state index is 6.27. The Labute approximate surface area is 125 Å². The lowest BCUT2D eigenvalue weighted by Crippen LogP contribution is -2.12. The van der Waals surface area contributed by atoms with Gasteiger partial charge in [0.05, 0.1) is 0 Å². The minimum atomic E-state index is 0.196. The lowest BCUT2D eigenvalue weighted by atomic mass is 10.00. The molecule has 0 saturated heterocycles. The maximum atomic E-state index is 6.27. The first-order valence-electron chi connectivity index (χ1n) is 8.18. The molecule has 0 bridgehead atoms. The largest absolute Gasteiger partial charge is 0.378 e. The number of rotatable bonds is 10. The van der Waals surface area contributed by atoms with Gasteiger partial charge in [-0.3, -0.25) is 0 Å². The van der Waals surface area contributed by atoms with Gasteiger partial charge in [0.1, 0.15) is 0 Å². The number of nitrogens with zero attached hydrogens (tertiary/aromatic N) is 1. The van der Waals surface area contributed by atoms with Gasteiger partial charge in [0.15, 0.2) is 0 Å². The van der Waals surface area contributed by atoms with Gasteiger partial charge in [0.2, 0.25) is 0 Å². The van der Waals surface area contributed by atoms with Gasteiger partial charge in [-0.05, 0) is 24.1 Å². The predicted octanol–water partition coefficient (Wildman–Crippen LogP) is 4.89. The molecule has 0 heterocycles. The zero-order chi connectivity index (χ0) is 14.8. The number of hydrogen-bond acceptors (Lipinski definition) is 2. The molecule has 0 fully saturated rings. The van der Waals surface area contributed by atoms with Crippen molar-refractivity contribution in [2.24, 2.45) is 5.73 Å². The van der Waals surface area contributed by atoms with Crippen LogP contribution in [0.15, 0.2) is 24.3 Å². The fourth-order valence-corrected chi connectivity index (χ4v) is 2.51. The molecule has 114 valence electrons. The molecule has 1 rings (SSSR count). The Hall–Kier alpha value is -1.02. The number of benzene rings is 1. The van der Waals surface area contributed by atoms with E-state index in [4.69, 9.17) is 5.73 Å². The molecule has 2 nitrogen and oxygen atoms in total. The summed E-state index contributed by atoms with van der Waals surface area (Å²) in [6.45, 7) is 2.26. The van der Waals surface area contributed by atoms with E-state index >= 15 is 0 Å². The van der Waals surface area contributed by atoms with Crippen LogP contribution in [-0.2, 0) is 0 Å². The Morgan fingerprint density at radius 3 is 2.00 bits per heavy atom. The van der Waals surface area contributed by atoms with E-state index in [2.05, 4.69) is 50.2 Å². The molecule has 1 unspecified atom stereocenters. The van der Waals surface area contributed by atoms with Crippen LogP contribution in [0, 0.1) is 0 Å². The molecule has 1 aromatic carbocycles. The third kappa shape index (κ3) is 6.42. The molecule has 2 N–H and O–H groups in total. The first-order valence-corrected chi connectivity index (χ1v) is 8.18. The van der Waals surface area contributed by atoms with Gasteiger partial charge in [-0.1, -0.05) is 64.0 Å². The van der Waals surface area contributed by atoms with Gasteiger partial charge in [-0.25, -0.2) is 0 Å². The Kier molecular flexibility index (Phi) is 8.36. The molecule has 0 spiro atoms. The monoisotopic (exact) mass is 276 g/mol. The minimum absolute atomic E-state index is 0.196. The fraction of sp³-hybridized carbons (Fsp3) is 0.667. The van der Waals surface area contributed by atoms with Crippen LogP contribution in [0.1, 0.15) is 69.9 Å². The Bertz CT molecular complexity index is 343. The van der Waals surface area contributed by atoms with Crippen LogP contribution in [0.2, 0.25) is 0 Å². The molecule has 0 aliphatic rings. The summed E-state index contributed by atoms with van der Waals surface area (Å²) in [6, 6.07) is 8.84. The van der Waals surface area contributed by atoms with Crippen molar-refractivity contribution in [2.75, 3.05) is 19.0 Å². The molecule has 0 saturated carbocycles. The molecular formula is C18H32N2. The molecular weight excluding hydrogens is 244 g/mol. The van der Waals surface area contributed by atoms with Crippen molar-refractivity contribution in [1.29, 1.82) is 0 Å². The average Bonchev–Trinajstić information content (AvgIpc) is 2.46. The smallest absolute Gasteiger partial charge is 0.0361 e. The normalized spacial score (nSPS) is 12.4. The summed E-state index contributed by atoms with van der Waals surface area (Å²) in [5.74, 6) is 0. The second-order valence-corrected chi connectivity index (χ2v) is 6.00. The molecule has 20 heavy (non-hydrogen) atoms. The maximum Gasteiger partial charge on any atom is 0.0361 e. The number of anilines is 1. The van der Waals surface area contributed by atoms with Gasteiger partial charge < -0.3 is 10.6 Å². The molecule has 0 aliphatic carbocycles. The highest BCUT2D eigenvalue weighted by Gasteiger charge is 2.06. The Balaban J connectivity index is 2.20. The molecule has 0 radical (unpaired) electrons. The highest BCUT2D eigenvalue weighted by atomic mass is 15.1. The summed E-state index contributed by atoms with van der Waals surface area (Å²) < 4.78 is 0. The van der Waals surface area contributed by atoms with E-state index in [1.807, 2.05) is 0 Å². The standard InChI is InChI=1S/C18H32N2/c1-4-5-6-7-8-9-10-11-18(19)16-12-14-17(15-13-16)20(2)3/h12-15,18H,4-11,19H2,1-3H3. The van der Waals surface area contributed by atoms with Gasteiger partial charge in [0, 0.05) is 25.8 Å². The van der Waals surface area contributed by atoms with Gasteiger partial charge in [-0.2, -0.15) is 0 Å². The Morgan fingerprint density at radius 1 is 0.900 bits per heavy atom. The van der Waals surface area contributed by atoms with Crippen LogP contribution >= 0.6 is 0 Å². The summed E-state index contributed by atoms with van der Waals surface area (Å²) in [7, 11) is 4.13. The number of hydrogen-bond donors (Lipinski definition) is 1. The molecule has 1 atom stereocenters. The van der Waals surface area contributed by atoms with Crippen molar-refractivity contribution >= 4 is 5.69 Å². The van der Waals surface area contributed by atoms with Crippen LogP contribution in [0.3, 0.4) is 0 Å². The first kappa shape index (κ1) is 17.0. The van der Waals surface area contributed by atoms with Gasteiger partial charge in [-0.15, -0.1) is 0 Å². The van der Waals surface area contributed by atoms with E-state index in [1.54, 1.807) is 0 Å². The van der Waals surface area contributed by atoms with Crippen LogP contribution in [0.5, 0.6) is 0 Å². The van der Waals surface area contributed by atoms with Gasteiger partial charge >= 0.3 is 0 Å². The molecule has 1 aromatic rings.